The Bertz CT molecular complexity index is 299. The van der Waals surface area contributed by atoms with Gasteiger partial charge in [0, 0.05) is 6.54 Å². The van der Waals surface area contributed by atoms with Gasteiger partial charge in [-0.15, -0.1) is 0 Å². The maximum Gasteiger partial charge on any atom is 0.119 e. The molecule has 0 saturated heterocycles. The summed E-state index contributed by atoms with van der Waals surface area (Å²) in [6.45, 7) is 4.48. The molecule has 0 heterocycles. The third kappa shape index (κ3) is 3.53. The number of nitrogens with two attached hydrogens (primary N) is 1. The Morgan fingerprint density at radius 2 is 2.07 bits per heavy atom. The summed E-state index contributed by atoms with van der Waals surface area (Å²) in [7, 11) is 1.65. The van der Waals surface area contributed by atoms with E-state index in [1.807, 2.05) is 38.1 Å². The predicted octanol–water partition coefficient (Wildman–Crippen LogP) is 2.12. The van der Waals surface area contributed by atoms with Crippen molar-refractivity contribution >= 4 is 0 Å². The van der Waals surface area contributed by atoms with Gasteiger partial charge in [0.25, 0.3) is 0 Å². The minimum Gasteiger partial charge on any atom is -0.497 e. The molecule has 84 valence electrons. The van der Waals surface area contributed by atoms with E-state index in [0.29, 0.717) is 6.54 Å². The van der Waals surface area contributed by atoms with Crippen molar-refractivity contribution in [1.82, 2.24) is 0 Å². The highest BCUT2D eigenvalue weighted by molar-refractivity contribution is 5.30. The van der Waals surface area contributed by atoms with E-state index in [1.54, 1.807) is 7.11 Å². The lowest BCUT2D eigenvalue weighted by molar-refractivity contribution is 0.0119. The molecule has 0 aromatic heterocycles. The molecule has 1 aromatic rings. The number of benzene rings is 1. The Morgan fingerprint density at radius 1 is 1.33 bits per heavy atom. The molecule has 3 heteroatoms. The van der Waals surface area contributed by atoms with E-state index in [1.165, 1.54) is 0 Å². The first-order chi connectivity index (χ1) is 7.17. The Labute approximate surface area is 91.2 Å². The van der Waals surface area contributed by atoms with Gasteiger partial charge in [-0.05, 0) is 31.5 Å². The van der Waals surface area contributed by atoms with Crippen LogP contribution in [0.15, 0.2) is 24.3 Å². The van der Waals surface area contributed by atoms with Gasteiger partial charge in [0.05, 0.1) is 19.3 Å². The van der Waals surface area contributed by atoms with Crippen molar-refractivity contribution in [2.45, 2.75) is 26.1 Å². The fourth-order valence-corrected chi connectivity index (χ4v) is 1.44. The lowest BCUT2D eigenvalue weighted by atomic mass is 10.1. The zero-order valence-corrected chi connectivity index (χ0v) is 9.57. The normalized spacial score (nSPS) is 12.9. The largest absolute Gasteiger partial charge is 0.497 e. The molecule has 0 aliphatic heterocycles. The maximum absolute atomic E-state index is 5.70. The topological polar surface area (TPSA) is 44.5 Å². The molecule has 3 nitrogen and oxygen atoms in total. The van der Waals surface area contributed by atoms with Gasteiger partial charge in [-0.1, -0.05) is 12.1 Å². The third-order valence-corrected chi connectivity index (χ3v) is 2.12. The lowest BCUT2D eigenvalue weighted by Gasteiger charge is -2.19. The molecule has 0 spiro atoms. The van der Waals surface area contributed by atoms with Gasteiger partial charge in [0.1, 0.15) is 5.75 Å². The van der Waals surface area contributed by atoms with Crippen molar-refractivity contribution in [3.05, 3.63) is 29.8 Å². The SMILES string of the molecule is COc1cccc([C@H](CN)OC(C)C)c1. The molecule has 0 radical (unpaired) electrons. The van der Waals surface area contributed by atoms with Crippen LogP contribution >= 0.6 is 0 Å². The molecule has 0 aliphatic carbocycles. The quantitative estimate of drug-likeness (QED) is 0.807. The van der Waals surface area contributed by atoms with E-state index >= 15 is 0 Å². The van der Waals surface area contributed by atoms with E-state index in [-0.39, 0.29) is 12.2 Å². The number of rotatable bonds is 5. The minimum atomic E-state index is -0.0555. The van der Waals surface area contributed by atoms with Gasteiger partial charge < -0.3 is 15.2 Å². The Balaban J connectivity index is 2.81. The standard InChI is InChI=1S/C12H19NO2/c1-9(2)15-12(8-13)10-5-4-6-11(7-10)14-3/h4-7,9,12H,8,13H2,1-3H3/t12-/m0/s1. The third-order valence-electron chi connectivity index (χ3n) is 2.12. The molecule has 0 aliphatic rings. The van der Waals surface area contributed by atoms with Crippen molar-refractivity contribution in [2.24, 2.45) is 5.73 Å². The average molecular weight is 209 g/mol. The summed E-state index contributed by atoms with van der Waals surface area (Å²) in [5.74, 6) is 0.832. The summed E-state index contributed by atoms with van der Waals surface area (Å²) < 4.78 is 10.9. The number of hydrogen-bond donors (Lipinski definition) is 1. The van der Waals surface area contributed by atoms with Gasteiger partial charge in [-0.25, -0.2) is 0 Å². The molecule has 0 saturated carbocycles. The maximum atomic E-state index is 5.70. The zero-order chi connectivity index (χ0) is 11.3. The summed E-state index contributed by atoms with van der Waals surface area (Å²) in [4.78, 5) is 0. The molecule has 1 rings (SSSR count). The highest BCUT2D eigenvalue weighted by Crippen LogP contribution is 2.22. The molecule has 15 heavy (non-hydrogen) atoms. The van der Waals surface area contributed by atoms with Crippen LogP contribution in [0.2, 0.25) is 0 Å². The van der Waals surface area contributed by atoms with E-state index in [4.69, 9.17) is 15.2 Å². The second-order valence-corrected chi connectivity index (χ2v) is 3.69. The molecule has 0 unspecified atom stereocenters. The fraction of sp³-hybridized carbons (Fsp3) is 0.500. The Hall–Kier alpha value is -1.06. The summed E-state index contributed by atoms with van der Waals surface area (Å²) >= 11 is 0. The van der Waals surface area contributed by atoms with Crippen LogP contribution in [0.5, 0.6) is 5.75 Å². The second kappa shape index (κ2) is 5.73. The van der Waals surface area contributed by atoms with Crippen molar-refractivity contribution in [3.63, 3.8) is 0 Å². The van der Waals surface area contributed by atoms with E-state index < -0.39 is 0 Å². The molecule has 0 amide bonds. The highest BCUT2D eigenvalue weighted by atomic mass is 16.5. The highest BCUT2D eigenvalue weighted by Gasteiger charge is 2.12. The van der Waals surface area contributed by atoms with Crippen molar-refractivity contribution in [2.75, 3.05) is 13.7 Å². The van der Waals surface area contributed by atoms with Crippen LogP contribution in [0.4, 0.5) is 0 Å². The van der Waals surface area contributed by atoms with Crippen LogP contribution < -0.4 is 10.5 Å². The first kappa shape index (κ1) is 12.0. The molecule has 1 atom stereocenters. The van der Waals surface area contributed by atoms with Crippen LogP contribution in [0.1, 0.15) is 25.5 Å². The molecule has 1 aromatic carbocycles. The zero-order valence-electron chi connectivity index (χ0n) is 9.57. The van der Waals surface area contributed by atoms with Crippen LogP contribution in [0.3, 0.4) is 0 Å². The van der Waals surface area contributed by atoms with E-state index in [2.05, 4.69) is 0 Å². The summed E-state index contributed by atoms with van der Waals surface area (Å²) in [6.07, 6.45) is 0.116. The van der Waals surface area contributed by atoms with Crippen molar-refractivity contribution < 1.29 is 9.47 Å². The molecule has 2 N–H and O–H groups in total. The predicted molar refractivity (Wildman–Crippen MR) is 61.0 cm³/mol. The smallest absolute Gasteiger partial charge is 0.119 e. The van der Waals surface area contributed by atoms with Crippen LogP contribution in [-0.4, -0.2) is 19.8 Å². The van der Waals surface area contributed by atoms with Gasteiger partial charge in [-0.2, -0.15) is 0 Å². The van der Waals surface area contributed by atoms with Gasteiger partial charge >= 0.3 is 0 Å². The summed E-state index contributed by atoms with van der Waals surface area (Å²) in [5.41, 5.74) is 6.74. The molecule has 0 fully saturated rings. The summed E-state index contributed by atoms with van der Waals surface area (Å²) in [6, 6.07) is 7.81. The number of ether oxygens (including phenoxy) is 2. The van der Waals surface area contributed by atoms with Crippen molar-refractivity contribution in [1.29, 1.82) is 0 Å². The Morgan fingerprint density at radius 3 is 2.60 bits per heavy atom. The van der Waals surface area contributed by atoms with Crippen LogP contribution in [0, 0.1) is 0 Å². The van der Waals surface area contributed by atoms with Gasteiger partial charge in [-0.3, -0.25) is 0 Å². The van der Waals surface area contributed by atoms with Crippen LogP contribution in [0.25, 0.3) is 0 Å². The molecule has 0 bridgehead atoms. The first-order valence-corrected chi connectivity index (χ1v) is 5.17. The fourth-order valence-electron chi connectivity index (χ4n) is 1.44. The number of methoxy groups -OCH3 is 1. The van der Waals surface area contributed by atoms with Crippen molar-refractivity contribution in [3.8, 4) is 5.75 Å². The van der Waals surface area contributed by atoms with E-state index in [9.17, 15) is 0 Å². The second-order valence-electron chi connectivity index (χ2n) is 3.69. The van der Waals surface area contributed by atoms with E-state index in [0.717, 1.165) is 11.3 Å². The molecular weight excluding hydrogens is 190 g/mol. The van der Waals surface area contributed by atoms with Gasteiger partial charge in [0.2, 0.25) is 0 Å². The Kier molecular flexibility index (Phi) is 4.59. The minimum absolute atomic E-state index is 0.0555. The van der Waals surface area contributed by atoms with Gasteiger partial charge in [0.15, 0.2) is 0 Å². The molecular formula is C12H19NO2. The number of hydrogen-bond acceptors (Lipinski definition) is 3. The first-order valence-electron chi connectivity index (χ1n) is 5.17. The lowest BCUT2D eigenvalue weighted by Crippen LogP contribution is -2.19. The average Bonchev–Trinajstić information content (AvgIpc) is 2.25. The summed E-state index contributed by atoms with van der Waals surface area (Å²) in [5, 5.41) is 0. The monoisotopic (exact) mass is 209 g/mol. The van der Waals surface area contributed by atoms with Crippen LogP contribution in [-0.2, 0) is 4.74 Å².